The molecule has 6 nitrogen and oxygen atoms in total. The first-order valence-corrected chi connectivity index (χ1v) is 13.1. The summed E-state index contributed by atoms with van der Waals surface area (Å²) < 4.78 is 2.13. The second kappa shape index (κ2) is 9.82. The van der Waals surface area contributed by atoms with Crippen LogP contribution in [0.25, 0.3) is 22.5 Å². The van der Waals surface area contributed by atoms with E-state index in [0.29, 0.717) is 11.4 Å². The van der Waals surface area contributed by atoms with Crippen LogP contribution < -0.4 is 9.80 Å². The lowest BCUT2D eigenvalue weighted by atomic mass is 10.0. The van der Waals surface area contributed by atoms with Crippen LogP contribution in [-0.2, 0) is 9.59 Å². The van der Waals surface area contributed by atoms with Crippen LogP contribution in [-0.4, -0.2) is 22.4 Å². The number of aryl methyl sites for hydroxylation is 2. The van der Waals surface area contributed by atoms with E-state index < -0.39 is 17.8 Å². The number of barbiturate groups is 1. The Morgan fingerprint density at radius 1 is 0.625 bits per heavy atom. The lowest BCUT2D eigenvalue weighted by molar-refractivity contribution is -0.121. The monoisotopic (exact) mass is 525 g/mol. The number of rotatable bonds is 4. The van der Waals surface area contributed by atoms with Crippen molar-refractivity contribution < 1.29 is 14.4 Å². The molecule has 0 atom stereocenters. The Kier molecular flexibility index (Phi) is 6.15. The first-order valence-electron chi connectivity index (χ1n) is 13.1. The number of para-hydroxylation sites is 1. The Morgan fingerprint density at radius 2 is 1.23 bits per heavy atom. The van der Waals surface area contributed by atoms with Crippen LogP contribution in [0.4, 0.5) is 16.2 Å². The minimum Gasteiger partial charge on any atom is -0.317 e. The summed E-state index contributed by atoms with van der Waals surface area (Å²) in [6.07, 6.45) is 1.61. The molecule has 196 valence electrons. The SMILES string of the molecule is Cc1ccc(N2C(=O)/C(=C/c3cc(C)n(-c4cccc5ccccc45)c3C)C(=O)N(c3ccccc3)C2=O)cc1. The minimum atomic E-state index is -0.705. The van der Waals surface area contributed by atoms with Crippen molar-refractivity contribution in [3.05, 3.63) is 131 Å². The molecule has 6 rings (SSSR count). The van der Waals surface area contributed by atoms with E-state index >= 15 is 0 Å². The molecule has 1 fully saturated rings. The molecule has 2 heterocycles. The zero-order valence-corrected chi connectivity index (χ0v) is 22.5. The van der Waals surface area contributed by atoms with Crippen LogP contribution in [0.2, 0.25) is 0 Å². The molecule has 4 amide bonds. The fourth-order valence-electron chi connectivity index (χ4n) is 5.32. The van der Waals surface area contributed by atoms with E-state index in [-0.39, 0.29) is 5.57 Å². The number of imide groups is 2. The van der Waals surface area contributed by atoms with Gasteiger partial charge in [-0.3, -0.25) is 9.59 Å². The fraction of sp³-hybridized carbons (Fsp3) is 0.0882. The molecule has 1 aliphatic heterocycles. The van der Waals surface area contributed by atoms with Gasteiger partial charge in [-0.15, -0.1) is 0 Å². The summed E-state index contributed by atoms with van der Waals surface area (Å²) in [5.41, 5.74) is 5.30. The third kappa shape index (κ3) is 4.10. The first-order chi connectivity index (χ1) is 19.3. The minimum absolute atomic E-state index is 0.0813. The van der Waals surface area contributed by atoms with Crippen LogP contribution in [0.3, 0.4) is 0 Å². The van der Waals surface area contributed by atoms with Gasteiger partial charge in [0, 0.05) is 16.8 Å². The molecule has 0 unspecified atom stereocenters. The molecular formula is C34H27N3O3. The lowest BCUT2D eigenvalue weighted by Crippen LogP contribution is -2.57. The third-order valence-electron chi connectivity index (χ3n) is 7.33. The molecular weight excluding hydrogens is 498 g/mol. The van der Waals surface area contributed by atoms with Crippen LogP contribution >= 0.6 is 0 Å². The smallest absolute Gasteiger partial charge is 0.317 e. The van der Waals surface area contributed by atoms with E-state index in [4.69, 9.17) is 0 Å². The molecule has 4 aromatic carbocycles. The Hall–Kier alpha value is -5.23. The van der Waals surface area contributed by atoms with Crippen molar-refractivity contribution in [3.8, 4) is 5.69 Å². The molecule has 0 bridgehead atoms. The Morgan fingerprint density at radius 3 is 1.93 bits per heavy atom. The van der Waals surface area contributed by atoms with Gasteiger partial charge in [-0.05, 0) is 74.2 Å². The van der Waals surface area contributed by atoms with E-state index in [9.17, 15) is 14.4 Å². The molecule has 0 saturated carbocycles. The summed E-state index contributed by atoms with van der Waals surface area (Å²) in [7, 11) is 0. The number of aromatic nitrogens is 1. The summed E-state index contributed by atoms with van der Waals surface area (Å²) in [6, 6.07) is 31.4. The van der Waals surface area contributed by atoms with E-state index in [0.717, 1.165) is 48.8 Å². The number of carbonyl (C=O) groups excluding carboxylic acids is 3. The first kappa shape index (κ1) is 25.1. The quantitative estimate of drug-likeness (QED) is 0.185. The van der Waals surface area contributed by atoms with E-state index in [1.807, 2.05) is 63.2 Å². The number of amides is 4. The Bertz CT molecular complexity index is 1830. The fourth-order valence-corrected chi connectivity index (χ4v) is 5.32. The maximum Gasteiger partial charge on any atom is 0.343 e. The molecule has 0 aliphatic carbocycles. The van der Waals surface area contributed by atoms with Gasteiger partial charge in [-0.2, -0.15) is 0 Å². The standard InChI is InChI=1S/C34H27N3O3/c1-22-16-18-28(19-17-22)37-33(39)30(32(38)36(34(37)40)27-12-5-4-6-13-27)21-26-20-23(2)35(24(26)3)31-15-9-11-25-10-7-8-14-29(25)31/h4-21H,1-3H3/b30-21+. The number of anilines is 2. The molecule has 1 aromatic heterocycles. The molecule has 6 heteroatoms. The van der Waals surface area contributed by atoms with Crippen molar-refractivity contribution in [2.45, 2.75) is 20.8 Å². The van der Waals surface area contributed by atoms with E-state index in [1.165, 1.54) is 0 Å². The summed E-state index contributed by atoms with van der Waals surface area (Å²) in [5, 5.41) is 2.22. The van der Waals surface area contributed by atoms with E-state index in [2.05, 4.69) is 28.8 Å². The summed E-state index contributed by atoms with van der Waals surface area (Å²) >= 11 is 0. The van der Waals surface area contributed by atoms with Gasteiger partial charge in [-0.1, -0.05) is 72.3 Å². The van der Waals surface area contributed by atoms with Crippen molar-refractivity contribution in [2.75, 3.05) is 9.80 Å². The van der Waals surface area contributed by atoms with Crippen LogP contribution in [0.15, 0.2) is 109 Å². The number of nitrogens with zero attached hydrogens (tertiary/aromatic N) is 3. The molecule has 0 radical (unpaired) electrons. The zero-order chi connectivity index (χ0) is 28.0. The summed E-state index contributed by atoms with van der Waals surface area (Å²) in [5.74, 6) is -1.31. The van der Waals surface area contributed by atoms with Gasteiger partial charge in [0.25, 0.3) is 11.8 Å². The highest BCUT2D eigenvalue weighted by Gasteiger charge is 2.43. The Labute approximate surface area is 232 Å². The van der Waals surface area contributed by atoms with Crippen molar-refractivity contribution >= 4 is 46.1 Å². The van der Waals surface area contributed by atoms with Crippen LogP contribution in [0.5, 0.6) is 0 Å². The van der Waals surface area contributed by atoms with E-state index in [1.54, 1.807) is 42.5 Å². The van der Waals surface area contributed by atoms with Gasteiger partial charge in [0.2, 0.25) is 0 Å². The van der Waals surface area contributed by atoms with Gasteiger partial charge in [0.05, 0.1) is 17.1 Å². The molecule has 0 spiro atoms. The van der Waals surface area contributed by atoms with Crippen molar-refractivity contribution in [1.29, 1.82) is 0 Å². The number of hydrogen-bond donors (Lipinski definition) is 0. The largest absolute Gasteiger partial charge is 0.343 e. The average Bonchev–Trinajstić information content (AvgIpc) is 3.24. The average molecular weight is 526 g/mol. The van der Waals surface area contributed by atoms with Gasteiger partial charge in [0.15, 0.2) is 0 Å². The lowest BCUT2D eigenvalue weighted by Gasteiger charge is -2.34. The number of urea groups is 1. The number of hydrogen-bond acceptors (Lipinski definition) is 3. The topological polar surface area (TPSA) is 62.6 Å². The van der Waals surface area contributed by atoms with Gasteiger partial charge in [0.1, 0.15) is 5.57 Å². The van der Waals surface area contributed by atoms with Crippen LogP contribution in [0, 0.1) is 20.8 Å². The normalized spacial score (nSPS) is 15.0. The molecule has 1 saturated heterocycles. The van der Waals surface area contributed by atoms with Crippen LogP contribution in [0.1, 0.15) is 22.5 Å². The summed E-state index contributed by atoms with van der Waals surface area (Å²) in [6.45, 7) is 5.90. The predicted molar refractivity (Wildman–Crippen MR) is 159 cm³/mol. The number of benzene rings is 4. The van der Waals surface area contributed by atoms with Gasteiger partial charge < -0.3 is 4.57 Å². The van der Waals surface area contributed by atoms with Crippen molar-refractivity contribution in [2.24, 2.45) is 0 Å². The second-order valence-corrected chi connectivity index (χ2v) is 9.95. The maximum atomic E-state index is 13.8. The predicted octanol–water partition coefficient (Wildman–Crippen LogP) is 7.14. The number of carbonyl (C=O) groups is 3. The zero-order valence-electron chi connectivity index (χ0n) is 22.5. The van der Waals surface area contributed by atoms with Gasteiger partial charge in [-0.25, -0.2) is 14.6 Å². The van der Waals surface area contributed by atoms with Crippen molar-refractivity contribution in [1.82, 2.24) is 4.57 Å². The van der Waals surface area contributed by atoms with Crippen molar-refractivity contribution in [3.63, 3.8) is 0 Å². The third-order valence-corrected chi connectivity index (χ3v) is 7.33. The second-order valence-electron chi connectivity index (χ2n) is 9.95. The number of fused-ring (bicyclic) bond motifs is 1. The highest BCUT2D eigenvalue weighted by Crippen LogP contribution is 2.32. The highest BCUT2D eigenvalue weighted by atomic mass is 16.2. The van der Waals surface area contributed by atoms with Gasteiger partial charge >= 0.3 is 6.03 Å². The molecule has 40 heavy (non-hydrogen) atoms. The highest BCUT2D eigenvalue weighted by molar-refractivity contribution is 6.46. The maximum absolute atomic E-state index is 13.8. The summed E-state index contributed by atoms with van der Waals surface area (Å²) in [4.78, 5) is 43.4. The molecule has 0 N–H and O–H groups in total. The Balaban J connectivity index is 1.51. The molecule has 5 aromatic rings. The molecule has 1 aliphatic rings.